The van der Waals surface area contributed by atoms with Crippen molar-refractivity contribution in [2.45, 2.75) is 6.04 Å². The largest absolute Gasteiger partial charge is 0.451 e. The van der Waals surface area contributed by atoms with E-state index in [9.17, 15) is 14.0 Å². The van der Waals surface area contributed by atoms with Crippen LogP contribution in [0.5, 0.6) is 0 Å². The lowest BCUT2D eigenvalue weighted by Crippen LogP contribution is -2.37. The van der Waals surface area contributed by atoms with Gasteiger partial charge in [0.1, 0.15) is 17.8 Å². The molecule has 148 valence electrons. The highest BCUT2D eigenvalue weighted by molar-refractivity contribution is 5.93. The van der Waals surface area contributed by atoms with Gasteiger partial charge in [-0.15, -0.1) is 0 Å². The molecule has 2 fully saturated rings. The Morgan fingerprint density at radius 2 is 2.03 bits per heavy atom. The molecule has 3 atom stereocenters. The predicted octanol–water partition coefficient (Wildman–Crippen LogP) is 2.73. The zero-order valence-corrected chi connectivity index (χ0v) is 15.5. The van der Waals surface area contributed by atoms with Gasteiger partial charge < -0.3 is 19.2 Å². The minimum Gasteiger partial charge on any atom is -0.451 e. The van der Waals surface area contributed by atoms with Gasteiger partial charge in [0.25, 0.3) is 11.8 Å². The van der Waals surface area contributed by atoms with E-state index in [1.165, 1.54) is 24.8 Å². The van der Waals surface area contributed by atoms with E-state index >= 15 is 0 Å². The SMILES string of the molecule is O=C(c1cocn1)N1C[C@H]2CN(C(=O)c3ccc[nH]3)[C@@H](c3cccc(F)c3)[C@H]2C1. The molecule has 2 aliphatic heterocycles. The number of amides is 2. The lowest BCUT2D eigenvalue weighted by Gasteiger charge is -2.29. The monoisotopic (exact) mass is 394 g/mol. The second-order valence-corrected chi connectivity index (χ2v) is 7.55. The number of hydrogen-bond acceptors (Lipinski definition) is 4. The number of nitrogens with zero attached hydrogens (tertiary/aromatic N) is 3. The molecule has 8 heteroatoms. The first-order valence-electron chi connectivity index (χ1n) is 9.49. The lowest BCUT2D eigenvalue weighted by atomic mass is 9.89. The van der Waals surface area contributed by atoms with E-state index in [4.69, 9.17) is 4.42 Å². The molecule has 0 radical (unpaired) electrons. The minimum absolute atomic E-state index is 0.0200. The third-order valence-electron chi connectivity index (χ3n) is 5.88. The Morgan fingerprint density at radius 3 is 2.76 bits per heavy atom. The summed E-state index contributed by atoms with van der Waals surface area (Å²) < 4.78 is 18.9. The van der Waals surface area contributed by atoms with Crippen molar-refractivity contribution in [3.8, 4) is 0 Å². The van der Waals surface area contributed by atoms with Crippen molar-refractivity contribution in [3.63, 3.8) is 0 Å². The van der Waals surface area contributed by atoms with Crippen molar-refractivity contribution in [2.24, 2.45) is 11.8 Å². The van der Waals surface area contributed by atoms with Gasteiger partial charge in [0, 0.05) is 37.7 Å². The van der Waals surface area contributed by atoms with Gasteiger partial charge in [0.2, 0.25) is 0 Å². The van der Waals surface area contributed by atoms with Crippen LogP contribution in [0.4, 0.5) is 4.39 Å². The average molecular weight is 394 g/mol. The third-order valence-corrected chi connectivity index (χ3v) is 5.88. The number of aromatic nitrogens is 2. The van der Waals surface area contributed by atoms with Crippen molar-refractivity contribution < 1.29 is 18.4 Å². The van der Waals surface area contributed by atoms with Gasteiger partial charge in [-0.1, -0.05) is 12.1 Å². The van der Waals surface area contributed by atoms with Crippen LogP contribution in [0.1, 0.15) is 32.6 Å². The van der Waals surface area contributed by atoms with Gasteiger partial charge in [0.15, 0.2) is 12.1 Å². The fraction of sp³-hybridized carbons (Fsp3) is 0.286. The number of benzene rings is 1. The number of carbonyl (C=O) groups excluding carboxylic acids is 2. The van der Waals surface area contributed by atoms with Crippen LogP contribution in [-0.4, -0.2) is 51.2 Å². The van der Waals surface area contributed by atoms with E-state index < -0.39 is 0 Å². The lowest BCUT2D eigenvalue weighted by molar-refractivity contribution is 0.0671. The molecule has 29 heavy (non-hydrogen) atoms. The molecule has 0 unspecified atom stereocenters. The molecule has 2 aliphatic rings. The second-order valence-electron chi connectivity index (χ2n) is 7.55. The molecule has 4 heterocycles. The highest BCUT2D eigenvalue weighted by atomic mass is 19.1. The molecule has 3 aromatic rings. The van der Waals surface area contributed by atoms with Gasteiger partial charge in [0.05, 0.1) is 6.04 Å². The first kappa shape index (κ1) is 17.7. The topological polar surface area (TPSA) is 82.4 Å². The first-order chi connectivity index (χ1) is 14.1. The van der Waals surface area contributed by atoms with Crippen LogP contribution in [-0.2, 0) is 0 Å². The fourth-order valence-electron chi connectivity index (χ4n) is 4.64. The van der Waals surface area contributed by atoms with E-state index in [-0.39, 0.29) is 41.2 Å². The maximum absolute atomic E-state index is 14.0. The van der Waals surface area contributed by atoms with E-state index in [2.05, 4.69) is 9.97 Å². The number of oxazole rings is 1. The number of carbonyl (C=O) groups is 2. The van der Waals surface area contributed by atoms with Crippen molar-refractivity contribution in [1.82, 2.24) is 19.8 Å². The fourth-order valence-corrected chi connectivity index (χ4v) is 4.64. The average Bonchev–Trinajstić information content (AvgIpc) is 3.51. The van der Waals surface area contributed by atoms with Crippen molar-refractivity contribution in [3.05, 3.63) is 78.0 Å². The Labute approximate surface area is 166 Å². The summed E-state index contributed by atoms with van der Waals surface area (Å²) >= 11 is 0. The van der Waals surface area contributed by atoms with Crippen LogP contribution in [0.3, 0.4) is 0 Å². The van der Waals surface area contributed by atoms with Gasteiger partial charge >= 0.3 is 0 Å². The molecule has 2 saturated heterocycles. The highest BCUT2D eigenvalue weighted by Crippen LogP contribution is 2.45. The van der Waals surface area contributed by atoms with Crippen molar-refractivity contribution in [1.29, 1.82) is 0 Å². The number of aromatic amines is 1. The molecule has 1 aromatic carbocycles. The summed E-state index contributed by atoms with van der Waals surface area (Å²) in [5, 5.41) is 0. The van der Waals surface area contributed by atoms with Gasteiger partial charge in [-0.3, -0.25) is 9.59 Å². The summed E-state index contributed by atoms with van der Waals surface area (Å²) in [6, 6.07) is 9.57. The Bertz CT molecular complexity index is 1030. The smallest absolute Gasteiger partial charge is 0.275 e. The van der Waals surface area contributed by atoms with E-state index in [0.29, 0.717) is 25.3 Å². The molecular formula is C21H19FN4O3. The standard InChI is InChI=1S/C21H19FN4O3/c22-15-4-1-3-13(7-15)19-16-10-25(20(27)18-11-29-12-24-18)8-14(16)9-26(19)21(28)17-5-2-6-23-17/h1-7,11-12,14,16,19,23H,8-10H2/t14-,16-,19-/m0/s1. The molecule has 0 aliphatic carbocycles. The second kappa shape index (κ2) is 6.88. The van der Waals surface area contributed by atoms with Gasteiger partial charge in [-0.25, -0.2) is 9.37 Å². The van der Waals surface area contributed by atoms with Crippen LogP contribution in [0.15, 0.2) is 59.7 Å². The molecule has 1 N–H and O–H groups in total. The van der Waals surface area contributed by atoms with E-state index in [1.807, 2.05) is 6.07 Å². The number of H-pyrrole nitrogens is 1. The molecular weight excluding hydrogens is 375 g/mol. The predicted molar refractivity (Wildman–Crippen MR) is 100 cm³/mol. The van der Waals surface area contributed by atoms with E-state index in [1.54, 1.807) is 34.2 Å². The van der Waals surface area contributed by atoms with Gasteiger partial charge in [-0.2, -0.15) is 0 Å². The molecule has 5 rings (SSSR count). The maximum Gasteiger partial charge on any atom is 0.275 e. The summed E-state index contributed by atoms with van der Waals surface area (Å²) in [5.74, 6) is -0.516. The number of hydrogen-bond donors (Lipinski definition) is 1. The quantitative estimate of drug-likeness (QED) is 0.741. The molecule has 0 spiro atoms. The summed E-state index contributed by atoms with van der Waals surface area (Å²) in [6.45, 7) is 1.51. The summed E-state index contributed by atoms with van der Waals surface area (Å²) in [4.78, 5) is 36.3. The van der Waals surface area contributed by atoms with Crippen LogP contribution in [0, 0.1) is 17.7 Å². The number of halogens is 1. The molecule has 2 aromatic heterocycles. The Balaban J connectivity index is 1.46. The zero-order chi connectivity index (χ0) is 20.0. The Morgan fingerprint density at radius 1 is 1.14 bits per heavy atom. The Kier molecular flexibility index (Phi) is 4.19. The van der Waals surface area contributed by atoms with E-state index in [0.717, 1.165) is 5.56 Å². The van der Waals surface area contributed by atoms with Crippen LogP contribution < -0.4 is 0 Å². The number of fused-ring (bicyclic) bond motifs is 1. The van der Waals surface area contributed by atoms with Gasteiger partial charge in [-0.05, 0) is 29.8 Å². The molecule has 2 amide bonds. The maximum atomic E-state index is 14.0. The number of rotatable bonds is 3. The number of nitrogens with one attached hydrogen (secondary N) is 1. The zero-order valence-electron chi connectivity index (χ0n) is 15.5. The van der Waals surface area contributed by atoms with Crippen molar-refractivity contribution in [2.75, 3.05) is 19.6 Å². The molecule has 0 saturated carbocycles. The normalized spacial score (nSPS) is 23.4. The minimum atomic E-state index is -0.341. The van der Waals surface area contributed by atoms with Crippen LogP contribution in [0.2, 0.25) is 0 Å². The number of likely N-dealkylation sites (tertiary alicyclic amines) is 2. The summed E-state index contributed by atoms with van der Waals surface area (Å²) in [6.07, 6.45) is 4.28. The molecule has 7 nitrogen and oxygen atoms in total. The summed E-state index contributed by atoms with van der Waals surface area (Å²) in [7, 11) is 0. The highest BCUT2D eigenvalue weighted by Gasteiger charge is 2.50. The Hall–Kier alpha value is -3.42. The first-order valence-corrected chi connectivity index (χ1v) is 9.49. The van der Waals surface area contributed by atoms with Crippen LogP contribution >= 0.6 is 0 Å². The molecule has 0 bridgehead atoms. The summed E-state index contributed by atoms with van der Waals surface area (Å²) in [5.41, 5.74) is 1.52. The van der Waals surface area contributed by atoms with Crippen molar-refractivity contribution >= 4 is 11.8 Å². The van der Waals surface area contributed by atoms with Crippen LogP contribution in [0.25, 0.3) is 0 Å². The third kappa shape index (κ3) is 3.00.